The highest BCUT2D eigenvalue weighted by molar-refractivity contribution is 5.84. The van der Waals surface area contributed by atoms with Crippen molar-refractivity contribution in [2.45, 2.75) is 25.8 Å². The minimum atomic E-state index is 0.244. The van der Waals surface area contributed by atoms with E-state index < -0.39 is 0 Å². The smallest absolute Gasteiger partial charge is 0.159 e. The van der Waals surface area contributed by atoms with E-state index in [2.05, 4.69) is 64.3 Å². The molecule has 1 aliphatic heterocycles. The average molecular weight is 404 g/mol. The lowest BCUT2D eigenvalue weighted by Gasteiger charge is -2.40. The first-order valence-corrected chi connectivity index (χ1v) is 10.9. The van der Waals surface area contributed by atoms with E-state index in [9.17, 15) is 4.79 Å². The van der Waals surface area contributed by atoms with Crippen molar-refractivity contribution in [2.24, 2.45) is 11.8 Å². The summed E-state index contributed by atoms with van der Waals surface area (Å²) in [6.45, 7) is 4.54. The molecule has 1 aliphatic carbocycles. The second-order valence-electron chi connectivity index (χ2n) is 9.15. The SMILES string of the molecule is CN(C)CC1CN(Cc2ccc(-c3cccc4nc(CC(=O)C5CC5)nn34)cc2)C1. The Morgan fingerprint density at radius 3 is 2.57 bits per heavy atom. The number of fused-ring (bicyclic) bond motifs is 1. The monoisotopic (exact) mass is 403 g/mol. The quantitative estimate of drug-likeness (QED) is 0.579. The molecule has 3 heterocycles. The van der Waals surface area contributed by atoms with Gasteiger partial charge in [-0.25, -0.2) is 9.50 Å². The zero-order valence-electron chi connectivity index (χ0n) is 17.8. The van der Waals surface area contributed by atoms with Gasteiger partial charge < -0.3 is 4.90 Å². The Bertz CT molecular complexity index is 1050. The van der Waals surface area contributed by atoms with Crippen molar-refractivity contribution < 1.29 is 4.79 Å². The van der Waals surface area contributed by atoms with Crippen molar-refractivity contribution in [2.75, 3.05) is 33.7 Å². The van der Waals surface area contributed by atoms with Gasteiger partial charge in [0.25, 0.3) is 0 Å². The number of hydrogen-bond donors (Lipinski definition) is 0. The molecule has 0 N–H and O–H groups in total. The van der Waals surface area contributed by atoms with Gasteiger partial charge in [-0.3, -0.25) is 9.69 Å². The van der Waals surface area contributed by atoms with Crippen LogP contribution in [0.2, 0.25) is 0 Å². The Morgan fingerprint density at radius 1 is 1.10 bits per heavy atom. The second kappa shape index (κ2) is 7.93. The number of carbonyl (C=O) groups excluding carboxylic acids is 1. The summed E-state index contributed by atoms with van der Waals surface area (Å²) in [6, 6.07) is 14.8. The van der Waals surface area contributed by atoms with E-state index >= 15 is 0 Å². The van der Waals surface area contributed by atoms with Crippen LogP contribution >= 0.6 is 0 Å². The van der Waals surface area contributed by atoms with E-state index in [1.165, 1.54) is 25.2 Å². The summed E-state index contributed by atoms with van der Waals surface area (Å²) in [5.41, 5.74) is 4.25. The third-order valence-electron chi connectivity index (χ3n) is 6.08. The van der Waals surface area contributed by atoms with Crippen LogP contribution in [0.25, 0.3) is 16.9 Å². The zero-order chi connectivity index (χ0) is 20.7. The number of carbonyl (C=O) groups is 1. The molecule has 1 saturated carbocycles. The lowest BCUT2D eigenvalue weighted by molar-refractivity contribution is -0.119. The van der Waals surface area contributed by atoms with Gasteiger partial charge in [0, 0.05) is 37.7 Å². The van der Waals surface area contributed by atoms with Gasteiger partial charge in [0.05, 0.1) is 12.1 Å². The van der Waals surface area contributed by atoms with E-state index in [4.69, 9.17) is 0 Å². The highest BCUT2D eigenvalue weighted by Gasteiger charge is 2.30. The molecule has 0 radical (unpaired) electrons. The fourth-order valence-corrected chi connectivity index (χ4v) is 4.43. The first-order chi connectivity index (χ1) is 14.5. The summed E-state index contributed by atoms with van der Waals surface area (Å²) in [5, 5.41) is 4.64. The van der Waals surface area contributed by atoms with Gasteiger partial charge in [-0.05, 0) is 50.6 Å². The normalized spacial score (nSPS) is 17.6. The van der Waals surface area contributed by atoms with Gasteiger partial charge in [-0.2, -0.15) is 5.10 Å². The molecule has 6 heteroatoms. The first-order valence-electron chi connectivity index (χ1n) is 10.9. The number of aromatic nitrogens is 3. The molecule has 156 valence electrons. The average Bonchev–Trinajstić information content (AvgIpc) is 3.46. The number of Topliss-reactive ketones (excluding diaryl/α,β-unsaturated/α-hetero) is 1. The van der Waals surface area contributed by atoms with Gasteiger partial charge in [0.15, 0.2) is 11.5 Å². The zero-order valence-corrected chi connectivity index (χ0v) is 17.8. The van der Waals surface area contributed by atoms with Crippen molar-refractivity contribution >= 4 is 11.4 Å². The van der Waals surface area contributed by atoms with Crippen molar-refractivity contribution in [1.82, 2.24) is 24.4 Å². The summed E-state index contributed by atoms with van der Waals surface area (Å²) in [5.74, 6) is 1.94. The Labute approximate surface area is 177 Å². The number of pyridine rings is 1. The number of nitrogens with zero attached hydrogens (tertiary/aromatic N) is 5. The van der Waals surface area contributed by atoms with Crippen molar-refractivity contribution in [3.63, 3.8) is 0 Å². The molecule has 5 rings (SSSR count). The standard InChI is InChI=1S/C24H29N5O/c1-27(2)13-18-15-28(16-18)14-17-6-8-19(9-7-17)21-4-3-5-24-25-23(26-29(21)24)12-22(30)20-10-11-20/h3-9,18,20H,10-16H2,1-2H3. The van der Waals surface area contributed by atoms with Crippen molar-refractivity contribution in [3.8, 4) is 11.3 Å². The summed E-state index contributed by atoms with van der Waals surface area (Å²) >= 11 is 0. The van der Waals surface area contributed by atoms with E-state index in [-0.39, 0.29) is 11.7 Å². The van der Waals surface area contributed by atoms with E-state index in [1.807, 2.05) is 16.6 Å². The van der Waals surface area contributed by atoms with Gasteiger partial charge in [-0.1, -0.05) is 30.3 Å². The lowest BCUT2D eigenvalue weighted by Crippen LogP contribution is -2.49. The molecule has 6 nitrogen and oxygen atoms in total. The van der Waals surface area contributed by atoms with Crippen LogP contribution in [-0.2, 0) is 17.8 Å². The predicted molar refractivity (Wildman–Crippen MR) is 117 cm³/mol. The predicted octanol–water partition coefficient (Wildman–Crippen LogP) is 2.91. The topological polar surface area (TPSA) is 53.7 Å². The fourth-order valence-electron chi connectivity index (χ4n) is 4.43. The van der Waals surface area contributed by atoms with Gasteiger partial charge >= 0.3 is 0 Å². The Balaban J connectivity index is 1.28. The molecule has 30 heavy (non-hydrogen) atoms. The van der Waals surface area contributed by atoms with Crippen LogP contribution in [0.3, 0.4) is 0 Å². The van der Waals surface area contributed by atoms with E-state index in [1.54, 1.807) is 0 Å². The van der Waals surface area contributed by atoms with Crippen LogP contribution < -0.4 is 0 Å². The molecule has 2 fully saturated rings. The molecule has 0 bridgehead atoms. The molecule has 0 unspecified atom stereocenters. The van der Waals surface area contributed by atoms with Crippen LogP contribution in [-0.4, -0.2) is 63.9 Å². The lowest BCUT2D eigenvalue weighted by atomic mass is 9.98. The van der Waals surface area contributed by atoms with Crippen LogP contribution in [0.1, 0.15) is 24.2 Å². The largest absolute Gasteiger partial charge is 0.309 e. The van der Waals surface area contributed by atoms with Gasteiger partial charge in [0.2, 0.25) is 0 Å². The number of benzene rings is 1. The first kappa shape index (κ1) is 19.4. The maximum absolute atomic E-state index is 12.1. The van der Waals surface area contributed by atoms with Crippen molar-refractivity contribution in [1.29, 1.82) is 0 Å². The molecule has 1 saturated heterocycles. The van der Waals surface area contributed by atoms with Crippen LogP contribution in [0.5, 0.6) is 0 Å². The van der Waals surface area contributed by atoms with Crippen molar-refractivity contribution in [3.05, 3.63) is 53.9 Å². The van der Waals surface area contributed by atoms with Gasteiger partial charge in [0.1, 0.15) is 5.78 Å². The maximum Gasteiger partial charge on any atom is 0.159 e. The number of likely N-dealkylation sites (tertiary alicyclic amines) is 1. The molecule has 2 aromatic heterocycles. The third-order valence-corrected chi connectivity index (χ3v) is 6.08. The highest BCUT2D eigenvalue weighted by atomic mass is 16.1. The minimum Gasteiger partial charge on any atom is -0.309 e. The molecular formula is C24H29N5O. The summed E-state index contributed by atoms with van der Waals surface area (Å²) in [4.78, 5) is 21.5. The number of rotatable bonds is 8. The number of ketones is 1. The Kier molecular flexibility index (Phi) is 5.13. The molecular weight excluding hydrogens is 374 g/mol. The van der Waals surface area contributed by atoms with Crippen LogP contribution in [0.15, 0.2) is 42.5 Å². The second-order valence-corrected chi connectivity index (χ2v) is 9.15. The van der Waals surface area contributed by atoms with E-state index in [0.717, 1.165) is 42.2 Å². The molecule has 2 aliphatic rings. The molecule has 3 aromatic rings. The van der Waals surface area contributed by atoms with E-state index in [0.29, 0.717) is 12.2 Å². The van der Waals surface area contributed by atoms with Crippen LogP contribution in [0, 0.1) is 11.8 Å². The Morgan fingerprint density at radius 2 is 1.87 bits per heavy atom. The molecule has 0 atom stereocenters. The molecule has 0 spiro atoms. The molecule has 1 aromatic carbocycles. The Hall–Kier alpha value is -2.57. The highest BCUT2D eigenvalue weighted by Crippen LogP contribution is 2.31. The summed E-state index contributed by atoms with van der Waals surface area (Å²) in [7, 11) is 4.29. The summed E-state index contributed by atoms with van der Waals surface area (Å²) in [6.07, 6.45) is 2.39. The fraction of sp³-hybridized carbons (Fsp3) is 0.458. The minimum absolute atomic E-state index is 0.244. The van der Waals surface area contributed by atoms with Gasteiger partial charge in [-0.15, -0.1) is 0 Å². The number of hydrogen-bond acceptors (Lipinski definition) is 5. The third kappa shape index (κ3) is 4.16. The molecule has 0 amide bonds. The maximum atomic E-state index is 12.1. The summed E-state index contributed by atoms with van der Waals surface area (Å²) < 4.78 is 1.87. The van der Waals surface area contributed by atoms with Crippen LogP contribution in [0.4, 0.5) is 0 Å².